The molecule has 2 rings (SSSR count). The fraction of sp³-hybridized carbons (Fsp3) is 0.308. The van der Waals surface area contributed by atoms with Crippen LogP contribution in [0.25, 0.3) is 0 Å². The van der Waals surface area contributed by atoms with Crippen LogP contribution in [0.3, 0.4) is 0 Å². The van der Waals surface area contributed by atoms with E-state index in [1.54, 1.807) is 0 Å². The van der Waals surface area contributed by atoms with E-state index in [4.69, 9.17) is 11.6 Å². The van der Waals surface area contributed by atoms with Gasteiger partial charge in [0.05, 0.1) is 9.95 Å². The Morgan fingerprint density at radius 3 is 2.35 bits per heavy atom. The molecule has 1 aromatic rings. The number of halogens is 1. The SMILES string of the molecule is O=C1CCCC(=O)C1C(=O)c1ccc([N+](=O)[O-])cc1Cl. The van der Waals surface area contributed by atoms with Gasteiger partial charge in [-0.25, -0.2) is 0 Å². The van der Waals surface area contributed by atoms with E-state index in [1.807, 2.05) is 0 Å². The van der Waals surface area contributed by atoms with E-state index in [-0.39, 0.29) is 29.1 Å². The molecule has 1 saturated carbocycles. The number of benzene rings is 1. The average Bonchev–Trinajstić information content (AvgIpc) is 2.38. The van der Waals surface area contributed by atoms with Gasteiger partial charge in [0.15, 0.2) is 17.3 Å². The summed E-state index contributed by atoms with van der Waals surface area (Å²) in [4.78, 5) is 45.6. The summed E-state index contributed by atoms with van der Waals surface area (Å²) in [5.74, 6) is -2.83. The van der Waals surface area contributed by atoms with Gasteiger partial charge >= 0.3 is 0 Å². The van der Waals surface area contributed by atoms with Gasteiger partial charge in [0.1, 0.15) is 5.92 Å². The molecule has 0 aliphatic heterocycles. The Labute approximate surface area is 118 Å². The van der Waals surface area contributed by atoms with Crippen LogP contribution in [0, 0.1) is 16.0 Å². The summed E-state index contributed by atoms with van der Waals surface area (Å²) in [5.41, 5.74) is -0.293. The van der Waals surface area contributed by atoms with Gasteiger partial charge < -0.3 is 0 Å². The first kappa shape index (κ1) is 14.3. The first-order valence-corrected chi connectivity index (χ1v) is 6.33. The van der Waals surface area contributed by atoms with Crippen molar-refractivity contribution >= 4 is 34.6 Å². The summed E-state index contributed by atoms with van der Waals surface area (Å²) in [7, 11) is 0. The normalized spacial score (nSPS) is 16.2. The predicted octanol–water partition coefficient (Wildman–Crippen LogP) is 2.37. The van der Waals surface area contributed by atoms with Crippen molar-refractivity contribution in [2.24, 2.45) is 5.92 Å². The van der Waals surface area contributed by atoms with Crippen molar-refractivity contribution in [3.05, 3.63) is 38.9 Å². The third kappa shape index (κ3) is 2.60. The molecule has 0 heterocycles. The van der Waals surface area contributed by atoms with Gasteiger partial charge in [0, 0.05) is 30.5 Å². The molecular formula is C13H10ClNO5. The van der Waals surface area contributed by atoms with Crippen molar-refractivity contribution in [1.82, 2.24) is 0 Å². The molecule has 1 aromatic carbocycles. The molecular weight excluding hydrogens is 286 g/mol. The van der Waals surface area contributed by atoms with Crippen LogP contribution in [-0.4, -0.2) is 22.3 Å². The lowest BCUT2D eigenvalue weighted by atomic mass is 9.81. The van der Waals surface area contributed by atoms with Crippen molar-refractivity contribution < 1.29 is 19.3 Å². The molecule has 0 saturated heterocycles. The fourth-order valence-electron chi connectivity index (χ4n) is 2.17. The molecule has 1 aliphatic rings. The lowest BCUT2D eigenvalue weighted by molar-refractivity contribution is -0.384. The van der Waals surface area contributed by atoms with Crippen LogP contribution in [0.2, 0.25) is 5.02 Å². The summed E-state index contributed by atoms with van der Waals surface area (Å²) < 4.78 is 0. The second-order valence-electron chi connectivity index (χ2n) is 4.50. The number of nitro groups is 1. The number of carbonyl (C=O) groups is 3. The van der Waals surface area contributed by atoms with Crippen LogP contribution in [0.15, 0.2) is 18.2 Å². The Morgan fingerprint density at radius 2 is 1.85 bits per heavy atom. The molecule has 0 bridgehead atoms. The minimum absolute atomic E-state index is 0.0362. The van der Waals surface area contributed by atoms with Crippen molar-refractivity contribution in [2.75, 3.05) is 0 Å². The van der Waals surface area contributed by atoms with Crippen LogP contribution >= 0.6 is 11.6 Å². The van der Waals surface area contributed by atoms with Gasteiger partial charge in [-0.1, -0.05) is 11.6 Å². The van der Waals surface area contributed by atoms with E-state index < -0.39 is 28.2 Å². The van der Waals surface area contributed by atoms with E-state index in [0.717, 1.165) is 12.1 Å². The Hall–Kier alpha value is -2.08. The zero-order valence-corrected chi connectivity index (χ0v) is 11.1. The maximum absolute atomic E-state index is 12.2. The third-order valence-corrected chi connectivity index (χ3v) is 3.49. The second kappa shape index (κ2) is 5.50. The topological polar surface area (TPSA) is 94.3 Å². The maximum Gasteiger partial charge on any atom is 0.270 e. The number of ketones is 3. The van der Waals surface area contributed by atoms with Gasteiger partial charge in [-0.15, -0.1) is 0 Å². The van der Waals surface area contributed by atoms with Gasteiger partial charge in [-0.2, -0.15) is 0 Å². The van der Waals surface area contributed by atoms with Gasteiger partial charge in [-0.05, 0) is 12.5 Å². The summed E-state index contributed by atoms with van der Waals surface area (Å²) in [5, 5.41) is 10.5. The van der Waals surface area contributed by atoms with Crippen molar-refractivity contribution in [1.29, 1.82) is 0 Å². The van der Waals surface area contributed by atoms with Crippen LogP contribution in [0.5, 0.6) is 0 Å². The lowest BCUT2D eigenvalue weighted by Crippen LogP contribution is -2.35. The van der Waals surface area contributed by atoms with Crippen molar-refractivity contribution in [3.8, 4) is 0 Å². The van der Waals surface area contributed by atoms with Crippen LogP contribution in [0.1, 0.15) is 29.6 Å². The largest absolute Gasteiger partial charge is 0.298 e. The summed E-state index contributed by atoms with van der Waals surface area (Å²) in [6, 6.07) is 3.33. The molecule has 1 fully saturated rings. The Bertz CT molecular complexity index is 609. The molecule has 0 aromatic heterocycles. The highest BCUT2D eigenvalue weighted by Crippen LogP contribution is 2.28. The summed E-state index contributed by atoms with van der Waals surface area (Å²) in [6.07, 6.45) is 0.828. The number of non-ortho nitro benzene ring substituents is 1. The minimum atomic E-state index is -1.32. The molecule has 0 spiro atoms. The molecule has 0 radical (unpaired) electrons. The van der Waals surface area contributed by atoms with Crippen molar-refractivity contribution in [2.45, 2.75) is 19.3 Å². The highest BCUT2D eigenvalue weighted by molar-refractivity contribution is 6.36. The molecule has 1 aliphatic carbocycles. The Balaban J connectivity index is 2.36. The number of hydrogen-bond donors (Lipinski definition) is 0. The van der Waals surface area contributed by atoms with Gasteiger partial charge in [0.2, 0.25) is 0 Å². The lowest BCUT2D eigenvalue weighted by Gasteiger charge is -2.18. The quantitative estimate of drug-likeness (QED) is 0.369. The van der Waals surface area contributed by atoms with E-state index in [2.05, 4.69) is 0 Å². The molecule has 0 atom stereocenters. The van der Waals surface area contributed by atoms with Crippen molar-refractivity contribution in [3.63, 3.8) is 0 Å². The van der Waals surface area contributed by atoms with E-state index in [9.17, 15) is 24.5 Å². The highest BCUT2D eigenvalue weighted by atomic mass is 35.5. The molecule has 6 nitrogen and oxygen atoms in total. The van der Waals surface area contributed by atoms with Gasteiger partial charge in [-0.3, -0.25) is 24.5 Å². The molecule has 0 N–H and O–H groups in total. The van der Waals surface area contributed by atoms with E-state index in [0.29, 0.717) is 6.42 Å². The van der Waals surface area contributed by atoms with Crippen LogP contribution < -0.4 is 0 Å². The number of hydrogen-bond acceptors (Lipinski definition) is 5. The number of rotatable bonds is 3. The molecule has 104 valence electrons. The number of nitro benzene ring substituents is 1. The third-order valence-electron chi connectivity index (χ3n) is 3.18. The Morgan fingerprint density at radius 1 is 1.25 bits per heavy atom. The smallest absolute Gasteiger partial charge is 0.270 e. The number of nitrogens with zero attached hydrogens (tertiary/aromatic N) is 1. The summed E-state index contributed by atoms with van der Waals surface area (Å²) >= 11 is 5.84. The Kier molecular flexibility index (Phi) is 3.94. The zero-order chi connectivity index (χ0) is 14.9. The van der Waals surface area contributed by atoms with Crippen LogP contribution in [-0.2, 0) is 9.59 Å². The highest BCUT2D eigenvalue weighted by Gasteiger charge is 2.37. The minimum Gasteiger partial charge on any atom is -0.298 e. The molecule has 7 heteroatoms. The van der Waals surface area contributed by atoms with E-state index >= 15 is 0 Å². The fourth-order valence-corrected chi connectivity index (χ4v) is 2.44. The van der Waals surface area contributed by atoms with E-state index in [1.165, 1.54) is 6.07 Å². The van der Waals surface area contributed by atoms with Gasteiger partial charge in [0.25, 0.3) is 5.69 Å². The maximum atomic E-state index is 12.2. The predicted molar refractivity (Wildman–Crippen MR) is 69.8 cm³/mol. The van der Waals surface area contributed by atoms with Crippen LogP contribution in [0.4, 0.5) is 5.69 Å². The first-order valence-electron chi connectivity index (χ1n) is 5.95. The average molecular weight is 296 g/mol. The standard InChI is InChI=1S/C13H10ClNO5/c14-9-6-7(15(19)20)4-5-8(9)13(18)12-10(16)2-1-3-11(12)17/h4-6,12H,1-3H2. The number of carbonyl (C=O) groups excluding carboxylic acids is 3. The molecule has 20 heavy (non-hydrogen) atoms. The summed E-state index contributed by atoms with van der Waals surface area (Å²) in [6.45, 7) is 0. The zero-order valence-electron chi connectivity index (χ0n) is 10.3. The molecule has 0 amide bonds. The molecule has 0 unspecified atom stereocenters. The second-order valence-corrected chi connectivity index (χ2v) is 4.91. The first-order chi connectivity index (χ1) is 9.41. The number of Topliss-reactive ketones (excluding diaryl/α,β-unsaturated/α-hetero) is 3. The monoisotopic (exact) mass is 295 g/mol.